The topological polar surface area (TPSA) is 104 Å². The van der Waals surface area contributed by atoms with Gasteiger partial charge in [0.15, 0.2) is 11.6 Å². The zero-order valence-electron chi connectivity index (χ0n) is 18.8. The molecule has 0 radical (unpaired) electrons. The fraction of sp³-hybridized carbons (Fsp3) is 0.320. The van der Waals surface area contributed by atoms with E-state index in [9.17, 15) is 4.39 Å². The maximum absolute atomic E-state index is 14.3. The number of ether oxygens (including phenoxy) is 1. The molecule has 170 valence electrons. The van der Waals surface area contributed by atoms with Crippen molar-refractivity contribution in [3.8, 4) is 17.1 Å². The SMILES string of the molecule is Cc1cnc2n1CC(=CN)C(=NCC1CC1)c1cnc(N)c(c1)OC(C)c1cc(F)ccc1-2. The Hall–Kier alpha value is -3.68. The molecule has 1 aliphatic carbocycles. The number of hydrogen-bond acceptors (Lipinski definition) is 6. The van der Waals surface area contributed by atoms with E-state index in [1.807, 2.05) is 26.1 Å². The van der Waals surface area contributed by atoms with Crippen LogP contribution < -0.4 is 16.2 Å². The van der Waals surface area contributed by atoms with Crippen LogP contribution in [0, 0.1) is 18.7 Å². The van der Waals surface area contributed by atoms with Gasteiger partial charge < -0.3 is 20.8 Å². The predicted octanol–water partition coefficient (Wildman–Crippen LogP) is 4.17. The molecule has 1 atom stereocenters. The lowest BCUT2D eigenvalue weighted by molar-refractivity contribution is 0.227. The van der Waals surface area contributed by atoms with Crippen molar-refractivity contribution >= 4 is 11.5 Å². The van der Waals surface area contributed by atoms with E-state index in [0.29, 0.717) is 29.6 Å². The van der Waals surface area contributed by atoms with Gasteiger partial charge in [0.2, 0.25) is 0 Å². The largest absolute Gasteiger partial charge is 0.482 e. The molecular weight excluding hydrogens is 419 g/mol. The van der Waals surface area contributed by atoms with Crippen LogP contribution in [-0.2, 0) is 6.54 Å². The van der Waals surface area contributed by atoms with Crippen molar-refractivity contribution in [2.75, 3.05) is 12.3 Å². The highest BCUT2D eigenvalue weighted by molar-refractivity contribution is 6.12. The second-order valence-electron chi connectivity index (χ2n) is 8.73. The summed E-state index contributed by atoms with van der Waals surface area (Å²) in [4.78, 5) is 14.0. The van der Waals surface area contributed by atoms with Gasteiger partial charge in [0, 0.05) is 53.1 Å². The number of imidazole rings is 1. The van der Waals surface area contributed by atoms with E-state index in [0.717, 1.165) is 34.7 Å². The summed E-state index contributed by atoms with van der Waals surface area (Å²) >= 11 is 0. The molecule has 2 bridgehead atoms. The van der Waals surface area contributed by atoms with Gasteiger partial charge in [-0.3, -0.25) is 4.99 Å². The molecular formula is C25H27FN6O. The Balaban J connectivity index is 1.73. The van der Waals surface area contributed by atoms with E-state index in [4.69, 9.17) is 21.2 Å². The molecule has 1 fully saturated rings. The number of fused-ring (bicyclic) bond motifs is 5. The summed E-state index contributed by atoms with van der Waals surface area (Å²) in [6.45, 7) is 5.06. The highest BCUT2D eigenvalue weighted by Gasteiger charge is 2.25. The fourth-order valence-corrected chi connectivity index (χ4v) is 4.16. The molecule has 0 spiro atoms. The van der Waals surface area contributed by atoms with E-state index in [1.165, 1.54) is 25.0 Å². The van der Waals surface area contributed by atoms with Gasteiger partial charge in [0.05, 0.1) is 12.3 Å². The maximum atomic E-state index is 14.3. The van der Waals surface area contributed by atoms with Gasteiger partial charge in [-0.2, -0.15) is 0 Å². The van der Waals surface area contributed by atoms with Gasteiger partial charge in [0.25, 0.3) is 0 Å². The Labute approximate surface area is 192 Å². The highest BCUT2D eigenvalue weighted by atomic mass is 19.1. The Kier molecular flexibility index (Phi) is 5.36. The van der Waals surface area contributed by atoms with Crippen LogP contribution in [0.25, 0.3) is 11.4 Å². The number of rotatable bonds is 2. The molecule has 1 saturated carbocycles. The summed E-state index contributed by atoms with van der Waals surface area (Å²) in [7, 11) is 0. The van der Waals surface area contributed by atoms with Crippen LogP contribution in [0.4, 0.5) is 10.2 Å². The third-order valence-corrected chi connectivity index (χ3v) is 6.24. The number of aliphatic imine (C=N–C) groups is 1. The first-order chi connectivity index (χ1) is 15.9. The van der Waals surface area contributed by atoms with Crippen LogP contribution in [0.1, 0.15) is 42.7 Å². The quantitative estimate of drug-likeness (QED) is 0.615. The summed E-state index contributed by atoms with van der Waals surface area (Å²) in [6, 6.07) is 6.50. The Morgan fingerprint density at radius 1 is 1.24 bits per heavy atom. The molecule has 2 aliphatic rings. The number of nitrogen functional groups attached to an aromatic ring is 1. The lowest BCUT2D eigenvalue weighted by atomic mass is 10.00. The third-order valence-electron chi connectivity index (χ3n) is 6.24. The fourth-order valence-electron chi connectivity index (χ4n) is 4.16. The van der Waals surface area contributed by atoms with E-state index in [2.05, 4.69) is 14.5 Å². The number of aryl methyl sites for hydroxylation is 1. The van der Waals surface area contributed by atoms with Crippen LogP contribution in [0.3, 0.4) is 0 Å². The van der Waals surface area contributed by atoms with E-state index in [1.54, 1.807) is 18.5 Å². The smallest absolute Gasteiger partial charge is 0.166 e. The van der Waals surface area contributed by atoms with Gasteiger partial charge >= 0.3 is 0 Å². The summed E-state index contributed by atoms with van der Waals surface area (Å²) in [5.74, 6) is 1.67. The minimum absolute atomic E-state index is 0.262. The van der Waals surface area contributed by atoms with Crippen molar-refractivity contribution < 1.29 is 9.13 Å². The molecule has 0 amide bonds. The van der Waals surface area contributed by atoms with Crippen LogP contribution in [0.15, 0.2) is 53.4 Å². The highest BCUT2D eigenvalue weighted by Crippen LogP contribution is 2.35. The Morgan fingerprint density at radius 3 is 2.82 bits per heavy atom. The third kappa shape index (κ3) is 4.08. The van der Waals surface area contributed by atoms with Gasteiger partial charge in [-0.1, -0.05) is 0 Å². The van der Waals surface area contributed by atoms with Gasteiger partial charge in [-0.25, -0.2) is 14.4 Å². The monoisotopic (exact) mass is 446 g/mol. The van der Waals surface area contributed by atoms with Crippen LogP contribution in [-0.4, -0.2) is 26.8 Å². The first-order valence-electron chi connectivity index (χ1n) is 11.1. The second kappa shape index (κ2) is 8.35. The van der Waals surface area contributed by atoms with E-state index >= 15 is 0 Å². The van der Waals surface area contributed by atoms with Crippen molar-refractivity contribution in [3.05, 3.63) is 71.1 Å². The van der Waals surface area contributed by atoms with E-state index < -0.39 is 6.10 Å². The first kappa shape index (κ1) is 21.2. The van der Waals surface area contributed by atoms with Crippen molar-refractivity contribution in [2.24, 2.45) is 16.6 Å². The molecule has 1 unspecified atom stereocenters. The normalized spacial score (nSPS) is 20.5. The average Bonchev–Trinajstić information content (AvgIpc) is 3.56. The molecule has 1 aliphatic heterocycles. The average molecular weight is 447 g/mol. The molecule has 3 aromatic rings. The molecule has 3 heterocycles. The molecule has 7 nitrogen and oxygen atoms in total. The van der Waals surface area contributed by atoms with Gasteiger partial charge in [0.1, 0.15) is 17.7 Å². The summed E-state index contributed by atoms with van der Waals surface area (Å²) in [5, 5.41) is 0. The molecule has 0 saturated heterocycles. The Morgan fingerprint density at radius 2 is 2.06 bits per heavy atom. The lowest BCUT2D eigenvalue weighted by Gasteiger charge is -2.23. The zero-order chi connectivity index (χ0) is 23.1. The van der Waals surface area contributed by atoms with Crippen molar-refractivity contribution in [1.82, 2.24) is 14.5 Å². The minimum atomic E-state index is -0.490. The number of pyridine rings is 1. The van der Waals surface area contributed by atoms with Crippen LogP contribution in [0.2, 0.25) is 0 Å². The lowest BCUT2D eigenvalue weighted by Crippen LogP contribution is -2.18. The summed E-state index contributed by atoms with van der Waals surface area (Å²) in [5.41, 5.74) is 17.1. The van der Waals surface area contributed by atoms with Gasteiger partial charge in [-0.15, -0.1) is 0 Å². The molecule has 8 heteroatoms. The number of benzene rings is 1. The number of halogens is 1. The van der Waals surface area contributed by atoms with E-state index in [-0.39, 0.29) is 11.6 Å². The zero-order valence-corrected chi connectivity index (χ0v) is 18.8. The number of aromatic nitrogens is 3. The number of nitrogens with two attached hydrogens (primary N) is 2. The second-order valence-corrected chi connectivity index (χ2v) is 8.73. The number of anilines is 1. The molecule has 1 aromatic carbocycles. The summed E-state index contributed by atoms with van der Waals surface area (Å²) < 4.78 is 22.6. The van der Waals surface area contributed by atoms with Gasteiger partial charge in [-0.05, 0) is 56.9 Å². The minimum Gasteiger partial charge on any atom is -0.482 e. The molecule has 5 rings (SSSR count). The van der Waals surface area contributed by atoms with Crippen molar-refractivity contribution in [2.45, 2.75) is 39.3 Å². The van der Waals surface area contributed by atoms with Crippen LogP contribution >= 0.6 is 0 Å². The van der Waals surface area contributed by atoms with Crippen molar-refractivity contribution in [1.29, 1.82) is 0 Å². The van der Waals surface area contributed by atoms with Crippen molar-refractivity contribution in [3.63, 3.8) is 0 Å². The molecule has 2 aromatic heterocycles. The number of hydrogen-bond donors (Lipinski definition) is 2. The van der Waals surface area contributed by atoms with Crippen LogP contribution in [0.5, 0.6) is 5.75 Å². The Bertz CT molecular complexity index is 1270. The molecule has 4 N–H and O–H groups in total. The predicted molar refractivity (Wildman–Crippen MR) is 126 cm³/mol. The first-order valence-corrected chi connectivity index (χ1v) is 11.1. The standard InChI is InChI=1S/C25H27FN6O/c1-14-10-31-25-20-6-5-19(26)8-21(20)15(2)33-22-7-17(12-30-24(22)28)23(29-11-16-3-4-16)18(9-27)13-32(14)25/h5-10,12,15-16H,3-4,11,13,27H2,1-2H3,(H2,28,30). The number of nitrogens with zero attached hydrogens (tertiary/aromatic N) is 4. The number of allylic oxidation sites excluding steroid dienone is 1. The maximum Gasteiger partial charge on any atom is 0.166 e. The molecule has 33 heavy (non-hydrogen) atoms. The summed E-state index contributed by atoms with van der Waals surface area (Å²) in [6.07, 6.45) is 7.00.